The summed E-state index contributed by atoms with van der Waals surface area (Å²) in [7, 11) is 0. The first kappa shape index (κ1) is 22.5. The summed E-state index contributed by atoms with van der Waals surface area (Å²) < 4.78 is 6.53. The fraction of sp³-hybridized carbons (Fsp3) is 0.300. The normalized spacial score (nSPS) is 10.4. The first-order chi connectivity index (χ1) is 13.4. The molecule has 1 N–H and O–H groups in total. The Kier molecular flexibility index (Phi) is 9.09. The zero-order valence-electron chi connectivity index (χ0n) is 15.4. The predicted octanol–water partition coefficient (Wildman–Crippen LogP) is 5.40. The van der Waals surface area contributed by atoms with E-state index in [1.54, 1.807) is 18.2 Å². The van der Waals surface area contributed by atoms with E-state index >= 15 is 0 Å². The monoisotopic (exact) mass is 486 g/mol. The van der Waals surface area contributed by atoms with Gasteiger partial charge in [0.2, 0.25) is 11.8 Å². The Morgan fingerprint density at radius 2 is 1.79 bits per heavy atom. The minimum atomic E-state index is -0.352. The fourth-order valence-electron chi connectivity index (χ4n) is 2.47. The Balaban J connectivity index is 1.80. The van der Waals surface area contributed by atoms with Crippen LogP contribution in [0.3, 0.4) is 0 Å². The topological polar surface area (TPSA) is 58.6 Å². The molecule has 0 aliphatic carbocycles. The van der Waals surface area contributed by atoms with Crippen molar-refractivity contribution in [2.75, 3.05) is 25.0 Å². The van der Waals surface area contributed by atoms with E-state index in [0.29, 0.717) is 41.7 Å². The number of carbonyl (C=O) groups excluding carboxylic acids is 2. The molecule has 2 amide bonds. The maximum absolute atomic E-state index is 12.4. The molecule has 0 atom stereocenters. The number of amides is 2. The SMILES string of the molecule is CCN(CC(=O)Nc1c(Cl)cccc1Cl)C(=O)CCCOc1ccccc1Br. The van der Waals surface area contributed by atoms with Crippen LogP contribution in [0, 0.1) is 0 Å². The minimum Gasteiger partial charge on any atom is -0.492 e. The molecular formula is C20H21BrCl2N2O3. The third kappa shape index (κ3) is 6.69. The number of hydrogen-bond donors (Lipinski definition) is 1. The molecule has 150 valence electrons. The summed E-state index contributed by atoms with van der Waals surface area (Å²) in [4.78, 5) is 26.2. The molecular weight excluding hydrogens is 467 g/mol. The minimum absolute atomic E-state index is 0.0675. The number of carbonyl (C=O) groups is 2. The zero-order valence-corrected chi connectivity index (χ0v) is 18.5. The Morgan fingerprint density at radius 3 is 2.43 bits per heavy atom. The maximum atomic E-state index is 12.4. The predicted molar refractivity (Wildman–Crippen MR) is 116 cm³/mol. The molecule has 0 aromatic heterocycles. The smallest absolute Gasteiger partial charge is 0.244 e. The molecule has 0 heterocycles. The second-order valence-corrected chi connectivity index (χ2v) is 7.60. The average Bonchev–Trinajstić information content (AvgIpc) is 2.67. The number of nitrogens with zero attached hydrogens (tertiary/aromatic N) is 1. The van der Waals surface area contributed by atoms with Gasteiger partial charge in [0.05, 0.1) is 33.4 Å². The molecule has 5 nitrogen and oxygen atoms in total. The lowest BCUT2D eigenvalue weighted by molar-refractivity contribution is -0.134. The van der Waals surface area contributed by atoms with Crippen LogP contribution in [0.15, 0.2) is 46.9 Å². The molecule has 0 aliphatic rings. The van der Waals surface area contributed by atoms with Crippen molar-refractivity contribution in [3.8, 4) is 5.75 Å². The molecule has 0 aliphatic heterocycles. The molecule has 0 fully saturated rings. The van der Waals surface area contributed by atoms with Crippen LogP contribution in [-0.4, -0.2) is 36.4 Å². The van der Waals surface area contributed by atoms with Crippen molar-refractivity contribution in [2.24, 2.45) is 0 Å². The highest BCUT2D eigenvalue weighted by Crippen LogP contribution is 2.29. The summed E-state index contributed by atoms with van der Waals surface area (Å²) in [6, 6.07) is 12.5. The van der Waals surface area contributed by atoms with Crippen LogP contribution in [0.4, 0.5) is 5.69 Å². The lowest BCUT2D eigenvalue weighted by Gasteiger charge is -2.21. The highest BCUT2D eigenvalue weighted by Gasteiger charge is 2.17. The van der Waals surface area contributed by atoms with Gasteiger partial charge in [-0.3, -0.25) is 9.59 Å². The average molecular weight is 488 g/mol. The summed E-state index contributed by atoms with van der Waals surface area (Å²) in [5.41, 5.74) is 0.348. The molecule has 2 aromatic carbocycles. The van der Waals surface area contributed by atoms with E-state index in [2.05, 4.69) is 21.2 Å². The van der Waals surface area contributed by atoms with E-state index in [1.807, 2.05) is 31.2 Å². The van der Waals surface area contributed by atoms with Gasteiger partial charge in [-0.05, 0) is 53.5 Å². The van der Waals surface area contributed by atoms with Gasteiger partial charge in [0.25, 0.3) is 0 Å². The highest BCUT2D eigenvalue weighted by atomic mass is 79.9. The van der Waals surface area contributed by atoms with Crippen LogP contribution in [0.5, 0.6) is 5.75 Å². The zero-order chi connectivity index (χ0) is 20.5. The van der Waals surface area contributed by atoms with Gasteiger partial charge in [-0.2, -0.15) is 0 Å². The number of rotatable bonds is 9. The van der Waals surface area contributed by atoms with Crippen LogP contribution in [0.2, 0.25) is 10.0 Å². The molecule has 8 heteroatoms. The van der Waals surface area contributed by atoms with E-state index in [9.17, 15) is 9.59 Å². The van der Waals surface area contributed by atoms with Crippen LogP contribution in [0.1, 0.15) is 19.8 Å². The lowest BCUT2D eigenvalue weighted by atomic mass is 10.2. The summed E-state index contributed by atoms with van der Waals surface area (Å²) in [5.74, 6) is 0.270. The number of hydrogen-bond acceptors (Lipinski definition) is 3. The molecule has 28 heavy (non-hydrogen) atoms. The number of halogens is 3. The van der Waals surface area contributed by atoms with Crippen molar-refractivity contribution in [1.29, 1.82) is 0 Å². The van der Waals surface area contributed by atoms with Gasteiger partial charge in [-0.25, -0.2) is 0 Å². The Hall–Kier alpha value is -1.76. The number of para-hydroxylation sites is 2. The van der Waals surface area contributed by atoms with Gasteiger partial charge in [0, 0.05) is 13.0 Å². The van der Waals surface area contributed by atoms with E-state index in [4.69, 9.17) is 27.9 Å². The molecule has 2 aromatic rings. The van der Waals surface area contributed by atoms with Gasteiger partial charge < -0.3 is 15.0 Å². The van der Waals surface area contributed by atoms with E-state index in [1.165, 1.54) is 4.90 Å². The number of anilines is 1. The number of nitrogens with one attached hydrogen (secondary N) is 1. The van der Waals surface area contributed by atoms with Gasteiger partial charge in [-0.15, -0.1) is 0 Å². The molecule has 0 bridgehead atoms. The van der Waals surface area contributed by atoms with Crippen molar-refractivity contribution >= 4 is 56.6 Å². The molecule has 0 radical (unpaired) electrons. The van der Waals surface area contributed by atoms with Crippen LogP contribution in [0.25, 0.3) is 0 Å². The molecule has 0 unspecified atom stereocenters. The van der Waals surface area contributed by atoms with Crippen LogP contribution in [-0.2, 0) is 9.59 Å². The quantitative estimate of drug-likeness (QED) is 0.481. The van der Waals surface area contributed by atoms with Crippen molar-refractivity contribution < 1.29 is 14.3 Å². The van der Waals surface area contributed by atoms with Crippen molar-refractivity contribution in [1.82, 2.24) is 4.90 Å². The highest BCUT2D eigenvalue weighted by molar-refractivity contribution is 9.10. The Morgan fingerprint density at radius 1 is 1.11 bits per heavy atom. The standard InChI is InChI=1S/C20H21BrCl2N2O3/c1-2-25(13-18(26)24-20-15(22)8-5-9-16(20)23)19(27)11-6-12-28-17-10-4-3-7-14(17)21/h3-5,7-10H,2,6,11-13H2,1H3,(H,24,26). The van der Waals surface area contributed by atoms with E-state index in [0.717, 1.165) is 10.2 Å². The number of ether oxygens (including phenoxy) is 1. The Bertz CT molecular complexity index is 813. The first-order valence-electron chi connectivity index (χ1n) is 8.81. The number of likely N-dealkylation sites (N-methyl/N-ethyl adjacent to an activating group) is 1. The van der Waals surface area contributed by atoms with Crippen molar-refractivity contribution in [2.45, 2.75) is 19.8 Å². The summed E-state index contributed by atoms with van der Waals surface area (Å²) >= 11 is 15.5. The molecule has 0 spiro atoms. The van der Waals surface area contributed by atoms with Gasteiger partial charge in [-0.1, -0.05) is 41.4 Å². The number of benzene rings is 2. The van der Waals surface area contributed by atoms with Gasteiger partial charge in [0.1, 0.15) is 5.75 Å². The second-order valence-electron chi connectivity index (χ2n) is 5.94. The largest absolute Gasteiger partial charge is 0.492 e. The Labute approximate surface area is 183 Å². The van der Waals surface area contributed by atoms with Crippen molar-refractivity contribution in [3.63, 3.8) is 0 Å². The lowest BCUT2D eigenvalue weighted by Crippen LogP contribution is -2.38. The molecule has 0 saturated heterocycles. The first-order valence-corrected chi connectivity index (χ1v) is 10.4. The maximum Gasteiger partial charge on any atom is 0.244 e. The fourth-order valence-corrected chi connectivity index (χ4v) is 3.36. The van der Waals surface area contributed by atoms with E-state index < -0.39 is 0 Å². The summed E-state index contributed by atoms with van der Waals surface area (Å²) in [5, 5.41) is 3.36. The molecule has 0 saturated carbocycles. The summed E-state index contributed by atoms with van der Waals surface area (Å²) in [6.07, 6.45) is 0.840. The molecule has 2 rings (SSSR count). The van der Waals surface area contributed by atoms with Crippen molar-refractivity contribution in [3.05, 3.63) is 57.0 Å². The van der Waals surface area contributed by atoms with Gasteiger partial charge >= 0.3 is 0 Å². The van der Waals surface area contributed by atoms with Gasteiger partial charge in [0.15, 0.2) is 0 Å². The van der Waals surface area contributed by atoms with E-state index in [-0.39, 0.29) is 18.4 Å². The third-order valence-electron chi connectivity index (χ3n) is 3.93. The second kappa shape index (κ2) is 11.3. The van der Waals surface area contributed by atoms with Crippen LogP contribution >= 0.6 is 39.1 Å². The summed E-state index contributed by atoms with van der Waals surface area (Å²) in [6.45, 7) is 2.59. The third-order valence-corrected chi connectivity index (χ3v) is 5.21. The van der Waals surface area contributed by atoms with Crippen LogP contribution < -0.4 is 10.1 Å².